The van der Waals surface area contributed by atoms with Crippen LogP contribution in [-0.2, 0) is 15.8 Å². The molecule has 43 heavy (non-hydrogen) atoms. The zero-order chi connectivity index (χ0) is 29.5. The molecule has 3 aliphatic heterocycles. The van der Waals surface area contributed by atoms with Crippen LogP contribution < -0.4 is 15.5 Å². The van der Waals surface area contributed by atoms with Crippen molar-refractivity contribution in [3.63, 3.8) is 0 Å². The van der Waals surface area contributed by atoms with E-state index in [-0.39, 0.29) is 12.1 Å². The van der Waals surface area contributed by atoms with Gasteiger partial charge >= 0.3 is 0 Å². The maximum Gasteiger partial charge on any atom is 0.212 e. The maximum atomic E-state index is 6.82. The average molecular weight is 587 g/mol. The lowest BCUT2D eigenvalue weighted by atomic mass is 9.97. The fraction of sp³-hybridized carbons (Fsp3) is 0.216. The second-order valence-electron chi connectivity index (χ2n) is 11.3. The highest BCUT2D eigenvalue weighted by atomic mass is 31.1. The molecule has 2 unspecified atom stereocenters. The molecule has 0 fully saturated rings. The van der Waals surface area contributed by atoms with Crippen molar-refractivity contribution in [1.82, 2.24) is 5.06 Å². The van der Waals surface area contributed by atoms with Gasteiger partial charge in [0.1, 0.15) is 27.5 Å². The van der Waals surface area contributed by atoms with Gasteiger partial charge in [-0.1, -0.05) is 84.9 Å². The molecule has 3 heterocycles. The summed E-state index contributed by atoms with van der Waals surface area (Å²) < 4.78 is 15.7. The molecule has 7 rings (SSSR count). The van der Waals surface area contributed by atoms with Gasteiger partial charge in [0.2, 0.25) is 11.6 Å². The molecular weight excluding hydrogens is 549 g/mol. The largest absolute Gasteiger partial charge is 0.467 e. The molecule has 6 heteroatoms. The molecule has 0 aliphatic carbocycles. The summed E-state index contributed by atoms with van der Waals surface area (Å²) in [6.45, 7) is 7.19. The van der Waals surface area contributed by atoms with Crippen LogP contribution in [0.1, 0.15) is 26.3 Å². The lowest BCUT2D eigenvalue weighted by molar-refractivity contribution is -0.396. The van der Waals surface area contributed by atoms with Crippen LogP contribution in [0.3, 0.4) is 0 Å². The molecular formula is C37H37N3O2P+. The molecule has 0 saturated heterocycles. The highest BCUT2D eigenvalue weighted by Crippen LogP contribution is 2.44. The van der Waals surface area contributed by atoms with E-state index in [9.17, 15) is 0 Å². The average Bonchev–Trinajstić information content (AvgIpc) is 3.72. The number of hydroxylamine groups is 2. The number of hydrogen-bond donors (Lipinski definition) is 0. The SMILES string of the molecule is CCN(OP(c1ccccc1)c1ccccc1)C1=CC2C(O1)C(C)=C(C)N2c1cccc(-c2cccc3c2CC=[N+]3C)c1. The third kappa shape index (κ3) is 4.97. The molecule has 0 aromatic heterocycles. The molecule has 0 bridgehead atoms. The minimum Gasteiger partial charge on any atom is -0.467 e. The second-order valence-corrected chi connectivity index (χ2v) is 13.1. The van der Waals surface area contributed by atoms with Crippen molar-refractivity contribution in [2.75, 3.05) is 18.5 Å². The number of fused-ring (bicyclic) bond motifs is 2. The van der Waals surface area contributed by atoms with Crippen LogP contribution in [0.15, 0.2) is 126 Å². The van der Waals surface area contributed by atoms with Crippen molar-refractivity contribution in [3.05, 3.63) is 132 Å². The first-order valence-electron chi connectivity index (χ1n) is 15.0. The van der Waals surface area contributed by atoms with Gasteiger partial charge in [-0.15, -0.1) is 0 Å². The van der Waals surface area contributed by atoms with Gasteiger partial charge in [0, 0.05) is 46.2 Å². The van der Waals surface area contributed by atoms with Crippen LogP contribution >= 0.6 is 8.15 Å². The van der Waals surface area contributed by atoms with Gasteiger partial charge in [-0.05, 0) is 49.6 Å². The molecule has 4 aromatic rings. The number of ether oxygens (including phenoxy) is 1. The Hall–Kier alpha value is -4.18. The summed E-state index contributed by atoms with van der Waals surface area (Å²) in [5, 5.41) is 4.28. The molecule has 4 aromatic carbocycles. The minimum atomic E-state index is -1.06. The van der Waals surface area contributed by atoms with Gasteiger partial charge in [0.25, 0.3) is 0 Å². The van der Waals surface area contributed by atoms with Crippen LogP contribution in [0, 0.1) is 0 Å². The van der Waals surface area contributed by atoms with Crippen molar-refractivity contribution in [2.24, 2.45) is 0 Å². The molecule has 0 radical (unpaired) electrons. The van der Waals surface area contributed by atoms with E-state index in [1.165, 1.54) is 49.9 Å². The Bertz CT molecular complexity index is 1710. The number of allylic oxidation sites excluding steroid dienone is 1. The quantitative estimate of drug-likeness (QED) is 0.123. The summed E-state index contributed by atoms with van der Waals surface area (Å²) in [4.78, 5) is 2.43. The first-order valence-corrected chi connectivity index (χ1v) is 16.3. The van der Waals surface area contributed by atoms with E-state index in [0.29, 0.717) is 6.54 Å². The second kappa shape index (κ2) is 11.5. The molecule has 5 nitrogen and oxygen atoms in total. The van der Waals surface area contributed by atoms with Crippen molar-refractivity contribution in [1.29, 1.82) is 0 Å². The van der Waals surface area contributed by atoms with Gasteiger partial charge in [-0.2, -0.15) is 0 Å². The van der Waals surface area contributed by atoms with Crippen molar-refractivity contribution in [2.45, 2.75) is 39.3 Å². The van der Waals surface area contributed by atoms with E-state index in [2.05, 4.69) is 141 Å². The normalized spacial score (nSPS) is 18.9. The Balaban J connectivity index is 1.20. The van der Waals surface area contributed by atoms with E-state index in [1.54, 1.807) is 0 Å². The van der Waals surface area contributed by atoms with E-state index in [4.69, 9.17) is 9.36 Å². The minimum absolute atomic E-state index is 0.0554. The van der Waals surface area contributed by atoms with E-state index >= 15 is 0 Å². The number of hydrogen-bond acceptors (Lipinski definition) is 4. The predicted molar refractivity (Wildman–Crippen MR) is 178 cm³/mol. The molecule has 3 aliphatic rings. The highest BCUT2D eigenvalue weighted by Gasteiger charge is 2.44. The summed E-state index contributed by atoms with van der Waals surface area (Å²) in [7, 11) is 1.06. The van der Waals surface area contributed by atoms with Crippen molar-refractivity contribution in [3.8, 4) is 11.1 Å². The Morgan fingerprint density at radius 1 is 0.907 bits per heavy atom. The lowest BCUT2D eigenvalue weighted by Gasteiger charge is -2.29. The standard InChI is InChI=1S/C37H37N3O2P/c1-5-39(42-43(30-16-8-6-9-17-30)31-18-10-7-11-19-31)36-25-35-37(41-36)26(2)27(3)40(35)29-15-12-14-28(24-29)32-20-13-21-34-33(32)22-23-38(34)4/h6-21,23-25,35,37H,5,22H2,1-4H3/q+1. The third-order valence-electron chi connectivity index (χ3n) is 8.76. The monoisotopic (exact) mass is 586 g/mol. The van der Waals surface area contributed by atoms with Gasteiger partial charge in [-0.3, -0.25) is 0 Å². The van der Waals surface area contributed by atoms with Gasteiger partial charge in [0.15, 0.2) is 0 Å². The lowest BCUT2D eigenvalue weighted by Crippen LogP contribution is -2.32. The number of anilines is 1. The first-order chi connectivity index (χ1) is 21.0. The van der Waals surface area contributed by atoms with Crippen LogP contribution in [0.25, 0.3) is 11.1 Å². The van der Waals surface area contributed by atoms with Crippen LogP contribution in [0.2, 0.25) is 0 Å². The molecule has 0 amide bonds. The summed E-state index contributed by atoms with van der Waals surface area (Å²) in [5.41, 5.74) is 8.89. The Morgan fingerprint density at radius 3 is 2.30 bits per heavy atom. The fourth-order valence-corrected chi connectivity index (χ4v) is 8.18. The first kappa shape index (κ1) is 27.6. The van der Waals surface area contributed by atoms with Crippen LogP contribution in [0.5, 0.6) is 0 Å². The third-order valence-corrected chi connectivity index (χ3v) is 10.7. The van der Waals surface area contributed by atoms with Crippen LogP contribution in [0.4, 0.5) is 11.4 Å². The number of rotatable bonds is 8. The Labute approximate surface area is 255 Å². The highest BCUT2D eigenvalue weighted by molar-refractivity contribution is 7.68. The molecule has 216 valence electrons. The summed E-state index contributed by atoms with van der Waals surface area (Å²) in [5.74, 6) is 0.782. The summed E-state index contributed by atoms with van der Waals surface area (Å²) in [6, 6.07) is 36.6. The number of benzene rings is 4. The van der Waals surface area contributed by atoms with Gasteiger partial charge < -0.3 is 9.64 Å². The maximum absolute atomic E-state index is 6.82. The van der Waals surface area contributed by atoms with E-state index in [1.807, 2.05) is 17.2 Å². The zero-order valence-corrected chi connectivity index (χ0v) is 26.0. The van der Waals surface area contributed by atoms with E-state index < -0.39 is 8.15 Å². The van der Waals surface area contributed by atoms with Gasteiger partial charge in [0.05, 0.1) is 12.5 Å². The Morgan fingerprint density at radius 2 is 1.60 bits per heavy atom. The Kier molecular flexibility index (Phi) is 7.38. The predicted octanol–water partition coefficient (Wildman–Crippen LogP) is 7.28. The molecule has 0 N–H and O–H groups in total. The van der Waals surface area contributed by atoms with E-state index in [0.717, 1.165) is 12.3 Å². The smallest absolute Gasteiger partial charge is 0.212 e. The summed E-state index contributed by atoms with van der Waals surface area (Å²) >= 11 is 0. The molecule has 2 atom stereocenters. The zero-order valence-electron chi connectivity index (χ0n) is 25.1. The molecule has 0 saturated carbocycles. The van der Waals surface area contributed by atoms with Crippen molar-refractivity contribution >= 4 is 36.3 Å². The molecule has 0 spiro atoms. The fourth-order valence-electron chi connectivity index (χ4n) is 6.42. The summed E-state index contributed by atoms with van der Waals surface area (Å²) in [6.07, 6.45) is 5.40. The van der Waals surface area contributed by atoms with Gasteiger partial charge in [-0.25, -0.2) is 14.3 Å². The van der Waals surface area contributed by atoms with Crippen LogP contribution in [-0.4, -0.2) is 41.6 Å². The number of nitrogens with zero attached hydrogens (tertiary/aromatic N) is 3. The van der Waals surface area contributed by atoms with Crippen molar-refractivity contribution < 1.29 is 13.9 Å². The topological polar surface area (TPSA) is 28.0 Å².